The highest BCUT2D eigenvalue weighted by atomic mass is 16.2. The molecule has 2 aromatic rings. The summed E-state index contributed by atoms with van der Waals surface area (Å²) in [5.74, 6) is 5.68. The van der Waals surface area contributed by atoms with Crippen molar-refractivity contribution in [1.29, 1.82) is 0 Å². The molecule has 3 N–H and O–H groups in total. The maximum atomic E-state index is 12.1. The highest BCUT2D eigenvalue weighted by Crippen LogP contribution is 2.41. The Kier molecular flexibility index (Phi) is 3.49. The minimum Gasteiger partial charge on any atom is -0.341 e. The molecule has 1 aliphatic rings. The van der Waals surface area contributed by atoms with E-state index in [0.29, 0.717) is 17.5 Å². The number of aromatic nitrogens is 1. The molecule has 1 heterocycles. The second-order valence-corrected chi connectivity index (χ2v) is 6.30. The van der Waals surface area contributed by atoms with E-state index in [1.165, 1.54) is 29.5 Å². The Balaban J connectivity index is 2.42. The lowest BCUT2D eigenvalue weighted by molar-refractivity contribution is 0.0955. The Morgan fingerprint density at radius 1 is 1.43 bits per heavy atom. The number of rotatable bonds is 2. The van der Waals surface area contributed by atoms with Crippen LogP contribution in [0.5, 0.6) is 0 Å². The first-order valence-electron chi connectivity index (χ1n) is 7.72. The molecule has 1 atom stereocenters. The van der Waals surface area contributed by atoms with Crippen molar-refractivity contribution < 1.29 is 4.79 Å². The number of para-hydroxylation sites is 1. The summed E-state index contributed by atoms with van der Waals surface area (Å²) in [6.07, 6.45) is 3.54. The first-order chi connectivity index (χ1) is 10.1. The van der Waals surface area contributed by atoms with Gasteiger partial charge in [-0.25, -0.2) is 5.84 Å². The molecule has 0 saturated heterocycles. The van der Waals surface area contributed by atoms with Gasteiger partial charge in [0.15, 0.2) is 0 Å². The molecule has 4 heteroatoms. The van der Waals surface area contributed by atoms with Crippen LogP contribution in [-0.4, -0.2) is 10.5 Å². The number of carbonyl (C=O) groups is 1. The number of benzene rings is 1. The van der Waals surface area contributed by atoms with E-state index < -0.39 is 0 Å². The molecule has 1 aromatic carbocycles. The van der Waals surface area contributed by atoms with Gasteiger partial charge < -0.3 is 4.57 Å². The van der Waals surface area contributed by atoms with Gasteiger partial charge in [0, 0.05) is 17.1 Å². The fourth-order valence-corrected chi connectivity index (χ4v) is 3.77. The Morgan fingerprint density at radius 3 is 2.86 bits per heavy atom. The van der Waals surface area contributed by atoms with Gasteiger partial charge >= 0.3 is 0 Å². The fraction of sp³-hybridized carbons (Fsp3) is 0.471. The van der Waals surface area contributed by atoms with Crippen molar-refractivity contribution >= 4 is 16.8 Å². The zero-order valence-corrected chi connectivity index (χ0v) is 12.9. The Hall–Kier alpha value is -1.81. The van der Waals surface area contributed by atoms with Gasteiger partial charge in [-0.2, -0.15) is 0 Å². The van der Waals surface area contributed by atoms with Crippen molar-refractivity contribution in [2.24, 2.45) is 5.84 Å². The lowest BCUT2D eigenvalue weighted by atomic mass is 9.87. The Bertz CT molecular complexity index is 700. The quantitative estimate of drug-likeness (QED) is 0.505. The molecular formula is C17H23N3O. The van der Waals surface area contributed by atoms with E-state index >= 15 is 0 Å². The zero-order chi connectivity index (χ0) is 15.1. The molecule has 1 aliphatic carbocycles. The van der Waals surface area contributed by atoms with Crippen LogP contribution < -0.4 is 11.3 Å². The molecule has 1 aromatic heterocycles. The molecule has 112 valence electrons. The van der Waals surface area contributed by atoms with Crippen LogP contribution in [0.2, 0.25) is 0 Å². The summed E-state index contributed by atoms with van der Waals surface area (Å²) >= 11 is 0. The molecule has 4 nitrogen and oxygen atoms in total. The lowest BCUT2D eigenvalue weighted by Gasteiger charge is -2.24. The van der Waals surface area contributed by atoms with Crippen LogP contribution in [0.25, 0.3) is 10.9 Å². The largest absolute Gasteiger partial charge is 0.341 e. The Morgan fingerprint density at radius 2 is 2.19 bits per heavy atom. The van der Waals surface area contributed by atoms with Crippen LogP contribution in [0.15, 0.2) is 18.2 Å². The third-order valence-electron chi connectivity index (χ3n) is 4.59. The third kappa shape index (κ3) is 2.05. The van der Waals surface area contributed by atoms with Gasteiger partial charge in [-0.3, -0.25) is 10.2 Å². The van der Waals surface area contributed by atoms with E-state index in [-0.39, 0.29) is 5.91 Å². The fourth-order valence-electron chi connectivity index (χ4n) is 3.77. The maximum absolute atomic E-state index is 12.1. The molecule has 1 amide bonds. The molecule has 0 bridgehead atoms. The summed E-state index contributed by atoms with van der Waals surface area (Å²) < 4.78 is 2.35. The molecular weight excluding hydrogens is 262 g/mol. The average Bonchev–Trinajstić information content (AvgIpc) is 2.82. The van der Waals surface area contributed by atoms with Gasteiger partial charge in [-0.05, 0) is 50.7 Å². The molecule has 0 spiro atoms. The van der Waals surface area contributed by atoms with E-state index in [9.17, 15) is 4.79 Å². The minimum absolute atomic E-state index is 0.218. The van der Waals surface area contributed by atoms with E-state index in [2.05, 4.69) is 36.8 Å². The Labute approximate surface area is 125 Å². The van der Waals surface area contributed by atoms with E-state index in [1.807, 2.05) is 12.1 Å². The first-order valence-corrected chi connectivity index (χ1v) is 7.72. The summed E-state index contributed by atoms with van der Waals surface area (Å²) in [5.41, 5.74) is 6.81. The van der Waals surface area contributed by atoms with Crippen molar-refractivity contribution in [3.8, 4) is 0 Å². The van der Waals surface area contributed by atoms with Crippen LogP contribution in [-0.2, 0) is 6.42 Å². The molecule has 21 heavy (non-hydrogen) atoms. The number of hydrazine groups is 1. The highest BCUT2D eigenvalue weighted by Gasteiger charge is 2.28. The van der Waals surface area contributed by atoms with Crippen molar-refractivity contribution in [3.05, 3.63) is 35.0 Å². The number of nitrogens with one attached hydrogen (secondary N) is 1. The molecule has 1 unspecified atom stereocenters. The average molecular weight is 285 g/mol. The number of hydrogen-bond acceptors (Lipinski definition) is 2. The standard InChI is InChI=1S/C17H23N3O/c1-10(2)20-15-11(3)6-4-7-12(15)13-8-5-9-14(16(13)20)17(21)19-18/h5,8-11H,4,6-7,18H2,1-3H3,(H,19,21). The monoisotopic (exact) mass is 285 g/mol. The summed E-state index contributed by atoms with van der Waals surface area (Å²) in [6, 6.07) is 6.28. The van der Waals surface area contributed by atoms with Crippen molar-refractivity contribution in [1.82, 2.24) is 9.99 Å². The number of hydrogen-bond donors (Lipinski definition) is 2. The topological polar surface area (TPSA) is 60.0 Å². The van der Waals surface area contributed by atoms with E-state index in [4.69, 9.17) is 5.84 Å². The lowest BCUT2D eigenvalue weighted by Crippen LogP contribution is -2.30. The van der Waals surface area contributed by atoms with Crippen LogP contribution in [0.4, 0.5) is 0 Å². The normalized spacial score (nSPS) is 18.0. The summed E-state index contributed by atoms with van der Waals surface area (Å²) in [4.78, 5) is 12.1. The molecule has 3 rings (SSSR count). The maximum Gasteiger partial charge on any atom is 0.267 e. The molecule has 0 aliphatic heterocycles. The number of nitrogen functional groups attached to an aromatic ring is 1. The molecule has 0 saturated carbocycles. The highest BCUT2D eigenvalue weighted by molar-refractivity contribution is 6.07. The van der Waals surface area contributed by atoms with Crippen molar-refractivity contribution in [2.75, 3.05) is 0 Å². The number of amides is 1. The van der Waals surface area contributed by atoms with Crippen molar-refractivity contribution in [3.63, 3.8) is 0 Å². The van der Waals surface area contributed by atoms with Gasteiger partial charge in [0.1, 0.15) is 0 Å². The second kappa shape index (κ2) is 5.19. The summed E-state index contributed by atoms with van der Waals surface area (Å²) in [5, 5.41) is 1.21. The zero-order valence-electron chi connectivity index (χ0n) is 12.9. The number of fused-ring (bicyclic) bond motifs is 3. The van der Waals surface area contributed by atoms with Gasteiger partial charge in [-0.1, -0.05) is 19.1 Å². The number of carbonyl (C=O) groups excluding carboxylic acids is 1. The first kappa shape index (κ1) is 14.1. The van der Waals surface area contributed by atoms with Gasteiger partial charge in [0.05, 0.1) is 11.1 Å². The van der Waals surface area contributed by atoms with Gasteiger partial charge in [0.2, 0.25) is 0 Å². The van der Waals surface area contributed by atoms with Crippen LogP contribution >= 0.6 is 0 Å². The van der Waals surface area contributed by atoms with E-state index in [0.717, 1.165) is 11.9 Å². The van der Waals surface area contributed by atoms with Gasteiger partial charge in [-0.15, -0.1) is 0 Å². The van der Waals surface area contributed by atoms with Crippen LogP contribution in [0.3, 0.4) is 0 Å². The smallest absolute Gasteiger partial charge is 0.267 e. The predicted molar refractivity (Wildman–Crippen MR) is 85.3 cm³/mol. The molecule has 0 fully saturated rings. The number of aryl methyl sites for hydroxylation is 1. The second-order valence-electron chi connectivity index (χ2n) is 6.30. The van der Waals surface area contributed by atoms with Gasteiger partial charge in [0.25, 0.3) is 5.91 Å². The predicted octanol–water partition coefficient (Wildman–Crippen LogP) is 3.27. The number of nitrogens with zero attached hydrogens (tertiary/aromatic N) is 1. The summed E-state index contributed by atoms with van der Waals surface area (Å²) in [6.45, 7) is 6.65. The van der Waals surface area contributed by atoms with Crippen molar-refractivity contribution in [2.45, 2.75) is 52.0 Å². The molecule has 0 radical (unpaired) electrons. The third-order valence-corrected chi connectivity index (χ3v) is 4.59. The van der Waals surface area contributed by atoms with E-state index in [1.54, 1.807) is 0 Å². The number of nitrogens with two attached hydrogens (primary N) is 1. The van der Waals surface area contributed by atoms with Crippen LogP contribution in [0.1, 0.15) is 67.2 Å². The van der Waals surface area contributed by atoms with Crippen LogP contribution in [0, 0.1) is 0 Å². The summed E-state index contributed by atoms with van der Waals surface area (Å²) in [7, 11) is 0. The minimum atomic E-state index is -0.218. The SMILES string of the molecule is CC1CCCc2c1n(C(C)C)c1c(C(=O)NN)cccc21.